The molecule has 0 aliphatic carbocycles. The lowest BCUT2D eigenvalue weighted by molar-refractivity contribution is -0.384. The minimum absolute atomic E-state index is 0.105. The van der Waals surface area contributed by atoms with E-state index in [2.05, 4.69) is 0 Å². The molecule has 0 bridgehead atoms. The first kappa shape index (κ1) is 12.1. The van der Waals surface area contributed by atoms with E-state index in [4.69, 9.17) is 23.2 Å². The molecule has 1 fully saturated rings. The van der Waals surface area contributed by atoms with Crippen LogP contribution in [0.4, 0.5) is 11.4 Å². The summed E-state index contributed by atoms with van der Waals surface area (Å²) in [5.41, 5.74) is 0.0153. The van der Waals surface area contributed by atoms with Gasteiger partial charge >= 0.3 is 0 Å². The van der Waals surface area contributed by atoms with E-state index in [-0.39, 0.29) is 27.3 Å². The average Bonchev–Trinajstić information content (AvgIpc) is 2.67. The fourth-order valence-electron chi connectivity index (χ4n) is 1.79. The summed E-state index contributed by atoms with van der Waals surface area (Å²) in [6.07, 6.45) is 1.09. The first-order valence-corrected chi connectivity index (χ1v) is 5.70. The molecule has 0 radical (unpaired) electrons. The zero-order chi connectivity index (χ0) is 12.6. The van der Waals surface area contributed by atoms with Crippen molar-refractivity contribution in [1.29, 1.82) is 0 Å². The number of carbonyl (C=O) groups is 1. The lowest BCUT2D eigenvalue weighted by Crippen LogP contribution is -2.24. The number of rotatable bonds is 2. The molecule has 17 heavy (non-hydrogen) atoms. The molecule has 90 valence electrons. The van der Waals surface area contributed by atoms with Crippen molar-refractivity contribution in [3.63, 3.8) is 0 Å². The zero-order valence-corrected chi connectivity index (χ0v) is 10.2. The predicted octanol–water partition coefficient (Wildman–Crippen LogP) is 3.03. The van der Waals surface area contributed by atoms with E-state index in [0.29, 0.717) is 19.4 Å². The third-order valence-corrected chi connectivity index (χ3v) is 3.30. The Labute approximate surface area is 107 Å². The second-order valence-corrected chi connectivity index (χ2v) is 4.48. The molecule has 7 heteroatoms. The van der Waals surface area contributed by atoms with Crippen LogP contribution in [0.3, 0.4) is 0 Å². The minimum atomic E-state index is -0.566. The molecule has 1 heterocycles. The lowest BCUT2D eigenvalue weighted by atomic mass is 10.2. The highest BCUT2D eigenvalue weighted by atomic mass is 35.5. The van der Waals surface area contributed by atoms with Gasteiger partial charge in [-0.25, -0.2) is 0 Å². The van der Waals surface area contributed by atoms with Gasteiger partial charge < -0.3 is 4.90 Å². The summed E-state index contributed by atoms with van der Waals surface area (Å²) in [4.78, 5) is 23.3. The van der Waals surface area contributed by atoms with E-state index < -0.39 is 4.92 Å². The molecule has 5 nitrogen and oxygen atoms in total. The molecule has 0 aromatic heterocycles. The van der Waals surface area contributed by atoms with Crippen molar-refractivity contribution in [2.45, 2.75) is 12.8 Å². The van der Waals surface area contributed by atoms with Crippen molar-refractivity contribution in [3.05, 3.63) is 32.3 Å². The molecule has 0 atom stereocenters. The number of carbonyl (C=O) groups excluding carboxylic acids is 1. The molecule has 1 aliphatic heterocycles. The number of amides is 1. The first-order chi connectivity index (χ1) is 8.00. The van der Waals surface area contributed by atoms with E-state index >= 15 is 0 Å². The van der Waals surface area contributed by atoms with Crippen LogP contribution in [0.1, 0.15) is 12.8 Å². The van der Waals surface area contributed by atoms with E-state index in [1.54, 1.807) is 0 Å². The molecule has 0 unspecified atom stereocenters. The van der Waals surface area contributed by atoms with Crippen molar-refractivity contribution >= 4 is 40.5 Å². The second kappa shape index (κ2) is 4.50. The maximum Gasteiger partial charge on any atom is 0.294 e. The predicted molar refractivity (Wildman–Crippen MR) is 64.7 cm³/mol. The Morgan fingerprint density at radius 3 is 2.47 bits per heavy atom. The van der Waals surface area contributed by atoms with Gasteiger partial charge in [0, 0.05) is 19.0 Å². The van der Waals surface area contributed by atoms with Crippen LogP contribution in [0.15, 0.2) is 12.1 Å². The summed E-state index contributed by atoms with van der Waals surface area (Å²) in [6.45, 7) is 0.470. The first-order valence-electron chi connectivity index (χ1n) is 4.94. The Morgan fingerprint density at radius 2 is 1.94 bits per heavy atom. The highest BCUT2D eigenvalue weighted by molar-refractivity contribution is 6.42. The third kappa shape index (κ3) is 2.21. The number of benzene rings is 1. The van der Waals surface area contributed by atoms with Gasteiger partial charge in [0.15, 0.2) is 0 Å². The third-order valence-electron chi connectivity index (χ3n) is 2.58. The van der Waals surface area contributed by atoms with Gasteiger partial charge in [0.2, 0.25) is 5.91 Å². The summed E-state index contributed by atoms with van der Waals surface area (Å²) in [5, 5.41) is 11.2. The van der Waals surface area contributed by atoms with Crippen LogP contribution in [0.25, 0.3) is 0 Å². The average molecular weight is 275 g/mol. The number of anilines is 1. The summed E-state index contributed by atoms with van der Waals surface area (Å²) in [7, 11) is 0. The topological polar surface area (TPSA) is 63.5 Å². The van der Waals surface area contributed by atoms with Crippen molar-refractivity contribution < 1.29 is 9.72 Å². The zero-order valence-electron chi connectivity index (χ0n) is 8.65. The van der Waals surface area contributed by atoms with Gasteiger partial charge in [0.1, 0.15) is 5.69 Å². The van der Waals surface area contributed by atoms with E-state index in [9.17, 15) is 14.9 Å². The number of hydrogen-bond acceptors (Lipinski definition) is 3. The van der Waals surface area contributed by atoms with Crippen LogP contribution in [0.5, 0.6) is 0 Å². The van der Waals surface area contributed by atoms with Crippen molar-refractivity contribution in [3.8, 4) is 0 Å². The van der Waals surface area contributed by atoms with Crippen LogP contribution in [0, 0.1) is 10.1 Å². The number of nitrogens with zero attached hydrogens (tertiary/aromatic N) is 2. The van der Waals surface area contributed by atoms with Crippen LogP contribution >= 0.6 is 23.2 Å². The number of nitro groups is 1. The molecule has 1 amide bonds. The van der Waals surface area contributed by atoms with E-state index in [1.165, 1.54) is 17.0 Å². The molecule has 1 aromatic carbocycles. The molecule has 1 saturated heterocycles. The standard InChI is InChI=1S/C10H8Cl2N2O3/c11-6-4-8(13-3-1-2-10(13)15)9(14(16)17)5-7(6)12/h4-5H,1-3H2. The van der Waals surface area contributed by atoms with E-state index in [0.717, 1.165) is 0 Å². The van der Waals surface area contributed by atoms with Crippen molar-refractivity contribution in [2.24, 2.45) is 0 Å². The van der Waals surface area contributed by atoms with Gasteiger partial charge in [-0.1, -0.05) is 23.2 Å². The van der Waals surface area contributed by atoms with Crippen LogP contribution in [0.2, 0.25) is 10.0 Å². The Morgan fingerprint density at radius 1 is 1.29 bits per heavy atom. The molecule has 1 aliphatic rings. The Kier molecular flexibility index (Phi) is 3.22. The minimum Gasteiger partial charge on any atom is -0.306 e. The molecule has 2 rings (SSSR count). The summed E-state index contributed by atoms with van der Waals surface area (Å²) < 4.78 is 0. The van der Waals surface area contributed by atoms with Crippen molar-refractivity contribution in [2.75, 3.05) is 11.4 Å². The fourth-order valence-corrected chi connectivity index (χ4v) is 2.11. The van der Waals surface area contributed by atoms with Gasteiger partial charge in [-0.15, -0.1) is 0 Å². The Hall–Kier alpha value is -1.33. The van der Waals surface area contributed by atoms with Gasteiger partial charge in [0.05, 0.1) is 15.0 Å². The number of nitro benzene ring substituents is 1. The molecular weight excluding hydrogens is 267 g/mol. The highest BCUT2D eigenvalue weighted by Gasteiger charge is 2.29. The Bertz CT molecular complexity index is 505. The van der Waals surface area contributed by atoms with Crippen LogP contribution < -0.4 is 4.90 Å². The molecule has 0 N–H and O–H groups in total. The normalized spacial score (nSPS) is 15.4. The van der Waals surface area contributed by atoms with E-state index in [1.807, 2.05) is 0 Å². The van der Waals surface area contributed by atoms with Crippen LogP contribution in [-0.2, 0) is 4.79 Å². The SMILES string of the molecule is O=C1CCCN1c1cc(Cl)c(Cl)cc1[N+](=O)[O-]. The molecule has 0 saturated carbocycles. The van der Waals surface area contributed by atoms with Gasteiger partial charge in [0.25, 0.3) is 5.69 Å². The quantitative estimate of drug-likeness (QED) is 0.615. The van der Waals surface area contributed by atoms with Gasteiger partial charge in [-0.3, -0.25) is 14.9 Å². The summed E-state index contributed by atoms with van der Waals surface area (Å²) in [6, 6.07) is 2.54. The van der Waals surface area contributed by atoms with Crippen LogP contribution in [-0.4, -0.2) is 17.4 Å². The highest BCUT2D eigenvalue weighted by Crippen LogP contribution is 2.37. The fraction of sp³-hybridized carbons (Fsp3) is 0.300. The molecule has 1 aromatic rings. The monoisotopic (exact) mass is 274 g/mol. The van der Waals surface area contributed by atoms with Gasteiger partial charge in [-0.05, 0) is 12.5 Å². The summed E-state index contributed by atoms with van der Waals surface area (Å²) >= 11 is 11.6. The molecular formula is C10H8Cl2N2O3. The van der Waals surface area contributed by atoms with Gasteiger partial charge in [-0.2, -0.15) is 0 Å². The number of hydrogen-bond donors (Lipinski definition) is 0. The maximum absolute atomic E-state index is 11.6. The maximum atomic E-state index is 11.6. The van der Waals surface area contributed by atoms with Crippen molar-refractivity contribution in [1.82, 2.24) is 0 Å². The summed E-state index contributed by atoms with van der Waals surface area (Å²) in [5.74, 6) is -0.133. The smallest absolute Gasteiger partial charge is 0.294 e. The Balaban J connectivity index is 2.54. The lowest BCUT2D eigenvalue weighted by Gasteiger charge is -2.16. The second-order valence-electron chi connectivity index (χ2n) is 3.66. The molecule has 0 spiro atoms. The largest absolute Gasteiger partial charge is 0.306 e. The number of halogens is 2.